The van der Waals surface area contributed by atoms with Crippen LogP contribution in [0.15, 0.2) is 0 Å². The van der Waals surface area contributed by atoms with Crippen molar-refractivity contribution < 1.29 is 4.79 Å². The van der Waals surface area contributed by atoms with Crippen LogP contribution in [0.25, 0.3) is 0 Å². The largest absolute Gasteiger partial charge is 0.302 e. The van der Waals surface area contributed by atoms with Crippen molar-refractivity contribution in [3.63, 3.8) is 0 Å². The van der Waals surface area contributed by atoms with E-state index in [1.165, 1.54) is 0 Å². The molecule has 58 valence electrons. The predicted octanol–water partition coefficient (Wildman–Crippen LogP) is 0.0863. The van der Waals surface area contributed by atoms with E-state index in [9.17, 15) is 4.79 Å². The molecule has 0 bridgehead atoms. The van der Waals surface area contributed by atoms with Crippen molar-refractivity contribution in [2.24, 2.45) is 0 Å². The molecule has 0 aromatic carbocycles. The Bertz CT molecular complexity index is 123. The van der Waals surface area contributed by atoms with Gasteiger partial charge in [0.25, 0.3) is 0 Å². The van der Waals surface area contributed by atoms with Crippen molar-refractivity contribution in [2.75, 3.05) is 25.5 Å². The number of ketones is 1. The summed E-state index contributed by atoms with van der Waals surface area (Å²) in [7, 11) is 0. The van der Waals surface area contributed by atoms with Crippen LogP contribution in [-0.2, 0) is 4.79 Å². The molecule has 0 aromatic heterocycles. The third kappa shape index (κ3) is 2.68. The summed E-state index contributed by atoms with van der Waals surface area (Å²) in [6.07, 6.45) is 0. The second-order valence-corrected chi connectivity index (χ2v) is 3.40. The molecule has 0 unspecified atom stereocenters. The summed E-state index contributed by atoms with van der Waals surface area (Å²) in [5.41, 5.74) is 0. The van der Waals surface area contributed by atoms with Crippen molar-refractivity contribution in [3.8, 4) is 0 Å². The van der Waals surface area contributed by atoms with Gasteiger partial charge in [0.1, 0.15) is 5.78 Å². The third-order valence-electron chi connectivity index (χ3n) is 1.28. The fraction of sp³-hybridized carbons (Fsp3) is 0.833. The van der Waals surface area contributed by atoms with Gasteiger partial charge < -0.3 is 5.32 Å². The molecule has 0 aromatic rings. The van der Waals surface area contributed by atoms with E-state index in [0.29, 0.717) is 5.75 Å². The summed E-state index contributed by atoms with van der Waals surface area (Å²) < 4.78 is 2.17. The van der Waals surface area contributed by atoms with Crippen LogP contribution in [0.3, 0.4) is 0 Å². The molecule has 0 radical (unpaired) electrons. The smallest absolute Gasteiger partial charge is 0.141 e. The Labute approximate surface area is 65.3 Å². The normalized spacial score (nSPS) is 19.7. The van der Waals surface area contributed by atoms with Crippen LogP contribution in [0, 0.1) is 0 Å². The number of Topliss-reactive ketones (excluding diaryl/α,β-unsaturated/α-hetero) is 1. The molecule has 0 spiro atoms. The maximum atomic E-state index is 10.5. The van der Waals surface area contributed by atoms with Gasteiger partial charge in [0, 0.05) is 13.1 Å². The number of carbonyl (C=O) groups is 1. The zero-order chi connectivity index (χ0) is 7.40. The van der Waals surface area contributed by atoms with Crippen molar-refractivity contribution in [1.82, 2.24) is 9.62 Å². The standard InChI is InChI=1S/C6H12N2OS/c1-6(9)4-10-8-3-2-7-5-8/h7H,2-5H2,1H3. The second-order valence-electron chi connectivity index (χ2n) is 2.34. The van der Waals surface area contributed by atoms with Gasteiger partial charge in [-0.15, -0.1) is 0 Å². The van der Waals surface area contributed by atoms with Gasteiger partial charge in [-0.3, -0.25) is 4.79 Å². The van der Waals surface area contributed by atoms with Crippen LogP contribution in [0.2, 0.25) is 0 Å². The molecule has 10 heavy (non-hydrogen) atoms. The van der Waals surface area contributed by atoms with Crippen molar-refractivity contribution in [2.45, 2.75) is 6.92 Å². The fourth-order valence-electron chi connectivity index (χ4n) is 0.779. The lowest BCUT2D eigenvalue weighted by molar-refractivity contribution is -0.114. The average Bonchev–Trinajstić information content (AvgIpc) is 2.34. The van der Waals surface area contributed by atoms with Gasteiger partial charge in [0.05, 0.1) is 12.4 Å². The molecule has 4 heteroatoms. The number of carbonyl (C=O) groups excluding carboxylic acids is 1. The van der Waals surface area contributed by atoms with Crippen molar-refractivity contribution >= 4 is 17.7 Å². The number of hydrogen-bond donors (Lipinski definition) is 1. The van der Waals surface area contributed by atoms with Crippen LogP contribution in [0.4, 0.5) is 0 Å². The Morgan fingerprint density at radius 1 is 1.80 bits per heavy atom. The Morgan fingerprint density at radius 2 is 2.60 bits per heavy atom. The third-order valence-corrected chi connectivity index (χ3v) is 2.49. The first-order valence-corrected chi connectivity index (χ1v) is 4.31. The lowest BCUT2D eigenvalue weighted by Gasteiger charge is -2.09. The van der Waals surface area contributed by atoms with Crippen LogP contribution in [0.5, 0.6) is 0 Å². The first-order chi connectivity index (χ1) is 4.79. The van der Waals surface area contributed by atoms with Gasteiger partial charge in [-0.05, 0) is 6.92 Å². The molecule has 3 nitrogen and oxygen atoms in total. The molecule has 1 aliphatic rings. The van der Waals surface area contributed by atoms with Crippen LogP contribution < -0.4 is 5.32 Å². The molecule has 1 rings (SSSR count). The Morgan fingerprint density at radius 3 is 3.10 bits per heavy atom. The van der Waals surface area contributed by atoms with E-state index in [4.69, 9.17) is 0 Å². The maximum Gasteiger partial charge on any atom is 0.141 e. The molecule has 0 aliphatic carbocycles. The van der Waals surface area contributed by atoms with Crippen LogP contribution in [0.1, 0.15) is 6.92 Å². The molecule has 1 saturated heterocycles. The fourth-order valence-corrected chi connectivity index (χ4v) is 1.55. The second kappa shape index (κ2) is 3.95. The van der Waals surface area contributed by atoms with E-state index in [2.05, 4.69) is 9.62 Å². The molecular formula is C6H12N2OS. The first kappa shape index (κ1) is 8.04. The number of nitrogens with zero attached hydrogens (tertiary/aromatic N) is 1. The molecule has 1 N–H and O–H groups in total. The molecule has 1 aliphatic heterocycles. The van der Waals surface area contributed by atoms with E-state index in [0.717, 1.165) is 19.8 Å². The maximum absolute atomic E-state index is 10.5. The molecule has 0 saturated carbocycles. The number of hydrogen-bond acceptors (Lipinski definition) is 4. The highest BCUT2D eigenvalue weighted by atomic mass is 32.2. The van der Waals surface area contributed by atoms with Crippen molar-refractivity contribution in [1.29, 1.82) is 0 Å². The zero-order valence-electron chi connectivity index (χ0n) is 6.09. The van der Waals surface area contributed by atoms with Gasteiger partial charge in [0.15, 0.2) is 0 Å². The van der Waals surface area contributed by atoms with Gasteiger partial charge >= 0.3 is 0 Å². The van der Waals surface area contributed by atoms with Gasteiger partial charge in [0.2, 0.25) is 0 Å². The topological polar surface area (TPSA) is 32.3 Å². The Balaban J connectivity index is 2.07. The Kier molecular flexibility index (Phi) is 3.18. The quantitative estimate of drug-likeness (QED) is 0.593. The summed E-state index contributed by atoms with van der Waals surface area (Å²) in [6.45, 7) is 4.64. The van der Waals surface area contributed by atoms with E-state index in [1.54, 1.807) is 18.9 Å². The molecule has 0 atom stereocenters. The highest BCUT2D eigenvalue weighted by Gasteiger charge is 2.10. The number of rotatable bonds is 3. The SMILES string of the molecule is CC(=O)CSN1CCNC1. The predicted molar refractivity (Wildman–Crippen MR) is 42.7 cm³/mol. The molecule has 1 fully saturated rings. The van der Waals surface area contributed by atoms with E-state index in [-0.39, 0.29) is 5.78 Å². The molecular weight excluding hydrogens is 148 g/mol. The molecule has 0 amide bonds. The highest BCUT2D eigenvalue weighted by Crippen LogP contribution is 2.09. The first-order valence-electron chi connectivity index (χ1n) is 3.37. The van der Waals surface area contributed by atoms with Crippen molar-refractivity contribution in [3.05, 3.63) is 0 Å². The molecule has 1 heterocycles. The summed E-state index contributed by atoms with van der Waals surface area (Å²) >= 11 is 1.61. The van der Waals surface area contributed by atoms with E-state index in [1.807, 2.05) is 0 Å². The minimum absolute atomic E-state index is 0.247. The minimum Gasteiger partial charge on any atom is -0.302 e. The number of nitrogens with one attached hydrogen (secondary N) is 1. The van der Waals surface area contributed by atoms with Crippen LogP contribution >= 0.6 is 11.9 Å². The monoisotopic (exact) mass is 160 g/mol. The highest BCUT2D eigenvalue weighted by molar-refractivity contribution is 7.97. The zero-order valence-corrected chi connectivity index (χ0v) is 6.91. The lowest BCUT2D eigenvalue weighted by atomic mass is 10.5. The lowest BCUT2D eigenvalue weighted by Crippen LogP contribution is -2.15. The summed E-state index contributed by atoms with van der Waals surface area (Å²) in [6, 6.07) is 0. The summed E-state index contributed by atoms with van der Waals surface area (Å²) in [4.78, 5) is 10.5. The average molecular weight is 160 g/mol. The van der Waals surface area contributed by atoms with Gasteiger partial charge in [-0.2, -0.15) is 0 Å². The Hall–Kier alpha value is -0.0600. The van der Waals surface area contributed by atoms with E-state index >= 15 is 0 Å². The summed E-state index contributed by atoms with van der Waals surface area (Å²) in [5.74, 6) is 0.860. The van der Waals surface area contributed by atoms with Gasteiger partial charge in [-0.25, -0.2) is 4.31 Å². The minimum atomic E-state index is 0.247. The van der Waals surface area contributed by atoms with Crippen LogP contribution in [-0.4, -0.2) is 35.6 Å². The summed E-state index contributed by atoms with van der Waals surface area (Å²) in [5, 5.41) is 3.19. The van der Waals surface area contributed by atoms with E-state index < -0.39 is 0 Å². The van der Waals surface area contributed by atoms with Gasteiger partial charge in [-0.1, -0.05) is 11.9 Å².